The predicted molar refractivity (Wildman–Crippen MR) is 84.8 cm³/mol. The summed E-state index contributed by atoms with van der Waals surface area (Å²) >= 11 is 0. The molecule has 0 spiro atoms. The number of piperidine rings is 1. The van der Waals surface area contributed by atoms with Crippen LogP contribution in [0.15, 0.2) is 0 Å². The van der Waals surface area contributed by atoms with Crippen LogP contribution in [0.4, 0.5) is 0 Å². The molecule has 0 aromatic heterocycles. The minimum absolute atomic E-state index is 0.188. The largest absolute Gasteiger partial charge is 0.355 e. The van der Waals surface area contributed by atoms with Crippen LogP contribution in [0, 0.1) is 5.92 Å². The van der Waals surface area contributed by atoms with Crippen LogP contribution in [0.3, 0.4) is 0 Å². The zero-order valence-corrected chi connectivity index (χ0v) is 13.6. The maximum absolute atomic E-state index is 11.9. The van der Waals surface area contributed by atoms with Crippen LogP contribution >= 0.6 is 0 Å². The first-order chi connectivity index (χ1) is 9.67. The maximum Gasteiger partial charge on any atom is 0.234 e. The lowest BCUT2D eigenvalue weighted by atomic mass is 9.91. The molecule has 20 heavy (non-hydrogen) atoms. The van der Waals surface area contributed by atoms with Crippen molar-refractivity contribution in [3.05, 3.63) is 0 Å². The Morgan fingerprint density at radius 1 is 1.30 bits per heavy atom. The number of carbonyl (C=O) groups excluding carboxylic acids is 1. The van der Waals surface area contributed by atoms with Crippen LogP contribution in [-0.2, 0) is 4.79 Å². The summed E-state index contributed by atoms with van der Waals surface area (Å²) in [5, 5.41) is 6.60. The first-order valence-electron chi connectivity index (χ1n) is 8.39. The summed E-state index contributed by atoms with van der Waals surface area (Å²) in [6, 6.07) is 0.556. The zero-order valence-electron chi connectivity index (χ0n) is 13.6. The Morgan fingerprint density at radius 3 is 2.80 bits per heavy atom. The van der Waals surface area contributed by atoms with E-state index >= 15 is 0 Å². The van der Waals surface area contributed by atoms with E-state index in [4.69, 9.17) is 0 Å². The Bertz CT molecular complexity index is 270. The van der Waals surface area contributed by atoms with Gasteiger partial charge in [0.15, 0.2) is 0 Å². The molecule has 1 rings (SSSR count). The summed E-state index contributed by atoms with van der Waals surface area (Å²) in [5.74, 6) is 0.868. The minimum atomic E-state index is 0.188. The fraction of sp³-hybridized carbons (Fsp3) is 0.938. The number of nitrogens with zero attached hydrogens (tertiary/aromatic N) is 1. The molecule has 118 valence electrons. The molecule has 1 fully saturated rings. The highest BCUT2D eigenvalue weighted by atomic mass is 16.2. The molecule has 1 saturated heterocycles. The fourth-order valence-corrected chi connectivity index (χ4v) is 2.85. The molecule has 2 atom stereocenters. The first-order valence-corrected chi connectivity index (χ1v) is 8.39. The highest BCUT2D eigenvalue weighted by Crippen LogP contribution is 2.19. The Labute approximate surface area is 124 Å². The van der Waals surface area contributed by atoms with Gasteiger partial charge in [-0.3, -0.25) is 9.69 Å². The number of nitrogens with one attached hydrogen (secondary N) is 2. The van der Waals surface area contributed by atoms with Gasteiger partial charge < -0.3 is 10.6 Å². The second kappa shape index (κ2) is 10.2. The van der Waals surface area contributed by atoms with E-state index in [-0.39, 0.29) is 5.91 Å². The van der Waals surface area contributed by atoms with Gasteiger partial charge in [0.2, 0.25) is 5.91 Å². The summed E-state index contributed by atoms with van der Waals surface area (Å²) < 4.78 is 0. The van der Waals surface area contributed by atoms with Crippen molar-refractivity contribution >= 4 is 5.91 Å². The lowest BCUT2D eigenvalue weighted by molar-refractivity contribution is -0.122. The number of hydrogen-bond acceptors (Lipinski definition) is 3. The van der Waals surface area contributed by atoms with E-state index in [9.17, 15) is 4.79 Å². The average molecular weight is 283 g/mol. The predicted octanol–water partition coefficient (Wildman–Crippen LogP) is 2.00. The van der Waals surface area contributed by atoms with Crippen molar-refractivity contribution in [3.8, 4) is 0 Å². The second-order valence-electron chi connectivity index (χ2n) is 6.08. The summed E-state index contributed by atoms with van der Waals surface area (Å²) in [4.78, 5) is 14.2. The summed E-state index contributed by atoms with van der Waals surface area (Å²) in [5.41, 5.74) is 0. The molecule has 1 aliphatic rings. The molecule has 2 unspecified atom stereocenters. The molecule has 1 heterocycles. The van der Waals surface area contributed by atoms with E-state index in [1.165, 1.54) is 19.3 Å². The van der Waals surface area contributed by atoms with Crippen LogP contribution in [0.2, 0.25) is 0 Å². The smallest absolute Gasteiger partial charge is 0.234 e. The van der Waals surface area contributed by atoms with Gasteiger partial charge in [0.05, 0.1) is 6.54 Å². The minimum Gasteiger partial charge on any atom is -0.355 e. The van der Waals surface area contributed by atoms with Crippen LogP contribution < -0.4 is 10.6 Å². The van der Waals surface area contributed by atoms with Crippen molar-refractivity contribution in [1.29, 1.82) is 0 Å². The highest BCUT2D eigenvalue weighted by Gasteiger charge is 2.25. The standard InChI is InChI=1S/C16H33N3O/c1-4-6-10-18-16(20)13-19-11-7-8-15(12-19)14(3)17-9-5-2/h14-15,17H,4-13H2,1-3H3,(H,18,20). The van der Waals surface area contributed by atoms with Gasteiger partial charge >= 0.3 is 0 Å². The third-order valence-electron chi connectivity index (χ3n) is 4.19. The third-order valence-corrected chi connectivity index (χ3v) is 4.19. The van der Waals surface area contributed by atoms with Gasteiger partial charge in [-0.2, -0.15) is 0 Å². The van der Waals surface area contributed by atoms with Crippen molar-refractivity contribution in [1.82, 2.24) is 15.5 Å². The van der Waals surface area contributed by atoms with Crippen LogP contribution in [-0.4, -0.2) is 49.6 Å². The van der Waals surface area contributed by atoms with Crippen molar-refractivity contribution < 1.29 is 4.79 Å². The van der Waals surface area contributed by atoms with Crippen LogP contribution in [0.1, 0.15) is 52.9 Å². The highest BCUT2D eigenvalue weighted by molar-refractivity contribution is 5.77. The zero-order chi connectivity index (χ0) is 14.8. The summed E-state index contributed by atoms with van der Waals surface area (Å²) in [6.45, 7) is 11.2. The van der Waals surface area contributed by atoms with Crippen molar-refractivity contribution in [2.45, 2.75) is 58.9 Å². The van der Waals surface area contributed by atoms with Gasteiger partial charge in [0, 0.05) is 19.1 Å². The summed E-state index contributed by atoms with van der Waals surface area (Å²) in [7, 11) is 0. The van der Waals surface area contributed by atoms with E-state index in [2.05, 4.69) is 36.3 Å². The van der Waals surface area contributed by atoms with Crippen molar-refractivity contribution in [2.24, 2.45) is 5.92 Å². The lowest BCUT2D eigenvalue weighted by Crippen LogP contribution is -2.47. The molecule has 4 heteroatoms. The Morgan fingerprint density at radius 2 is 2.10 bits per heavy atom. The molecule has 1 amide bonds. The molecular formula is C16H33N3O. The van der Waals surface area contributed by atoms with Gasteiger partial charge in [0.1, 0.15) is 0 Å². The van der Waals surface area contributed by atoms with Gasteiger partial charge in [-0.05, 0) is 51.6 Å². The molecular weight excluding hydrogens is 250 g/mol. The maximum atomic E-state index is 11.9. The van der Waals surface area contributed by atoms with Gasteiger partial charge in [-0.25, -0.2) is 0 Å². The molecule has 0 aromatic carbocycles. The monoisotopic (exact) mass is 283 g/mol. The van der Waals surface area contributed by atoms with Gasteiger partial charge in [-0.15, -0.1) is 0 Å². The Kier molecular flexibility index (Phi) is 8.86. The SMILES string of the molecule is CCCCNC(=O)CN1CCCC(C(C)NCCC)C1. The van der Waals surface area contributed by atoms with Gasteiger partial charge in [-0.1, -0.05) is 20.3 Å². The Balaban J connectivity index is 2.27. The number of likely N-dealkylation sites (tertiary alicyclic amines) is 1. The topological polar surface area (TPSA) is 44.4 Å². The summed E-state index contributed by atoms with van der Waals surface area (Å²) in [6.07, 6.45) is 5.89. The number of carbonyl (C=O) groups is 1. The van der Waals surface area contributed by atoms with Crippen molar-refractivity contribution in [3.63, 3.8) is 0 Å². The first kappa shape index (κ1) is 17.4. The molecule has 0 bridgehead atoms. The average Bonchev–Trinajstić information content (AvgIpc) is 2.45. The van der Waals surface area contributed by atoms with E-state index < -0.39 is 0 Å². The molecule has 1 aliphatic heterocycles. The quantitative estimate of drug-likeness (QED) is 0.636. The molecule has 0 saturated carbocycles. The van der Waals surface area contributed by atoms with E-state index in [0.717, 1.165) is 39.0 Å². The molecule has 0 aromatic rings. The van der Waals surface area contributed by atoms with E-state index in [0.29, 0.717) is 18.5 Å². The number of hydrogen-bond donors (Lipinski definition) is 2. The fourth-order valence-electron chi connectivity index (χ4n) is 2.85. The molecule has 2 N–H and O–H groups in total. The normalized spacial score (nSPS) is 21.6. The second-order valence-corrected chi connectivity index (χ2v) is 6.08. The van der Waals surface area contributed by atoms with Crippen LogP contribution in [0.5, 0.6) is 0 Å². The van der Waals surface area contributed by atoms with E-state index in [1.54, 1.807) is 0 Å². The number of rotatable bonds is 9. The number of unbranched alkanes of at least 4 members (excludes halogenated alkanes) is 1. The van der Waals surface area contributed by atoms with E-state index in [1.807, 2.05) is 0 Å². The molecule has 4 nitrogen and oxygen atoms in total. The lowest BCUT2D eigenvalue weighted by Gasteiger charge is -2.35. The molecule has 0 radical (unpaired) electrons. The van der Waals surface area contributed by atoms with Crippen LogP contribution in [0.25, 0.3) is 0 Å². The van der Waals surface area contributed by atoms with Crippen molar-refractivity contribution in [2.75, 3.05) is 32.7 Å². The molecule has 0 aliphatic carbocycles. The number of amides is 1. The Hall–Kier alpha value is -0.610. The third kappa shape index (κ3) is 6.71. The van der Waals surface area contributed by atoms with Gasteiger partial charge in [0.25, 0.3) is 0 Å².